The average Bonchev–Trinajstić information content (AvgIpc) is 2.75. The molecule has 0 saturated carbocycles. The fourth-order valence-corrected chi connectivity index (χ4v) is 2.74. The molecular formula is C21H17F3N4O3S. The highest BCUT2D eigenvalue weighted by Gasteiger charge is 2.30. The molecule has 0 radical (unpaired) electrons. The Morgan fingerprint density at radius 2 is 1.47 bits per heavy atom. The molecule has 0 fully saturated rings. The molecule has 2 aromatic carbocycles. The minimum Gasteiger partial charge on any atom is -0.457 e. The van der Waals surface area contributed by atoms with Gasteiger partial charge in [0, 0.05) is 30.7 Å². The number of carbonyl (C=O) groups is 1. The number of hydrogen-bond acceptors (Lipinski definition) is 5. The molecule has 3 rings (SSSR count). The number of nitrogens with one attached hydrogen (secondary N) is 3. The number of carbonyl (C=O) groups excluding carboxylic acids is 1. The lowest BCUT2D eigenvalue weighted by Gasteiger charge is -2.13. The van der Waals surface area contributed by atoms with Gasteiger partial charge in [-0.25, -0.2) is 0 Å². The number of amides is 1. The van der Waals surface area contributed by atoms with E-state index in [1.807, 2.05) is 0 Å². The van der Waals surface area contributed by atoms with Crippen LogP contribution in [0, 0.1) is 0 Å². The molecule has 11 heteroatoms. The lowest BCUT2D eigenvalue weighted by Crippen LogP contribution is -2.19. The first-order valence-electron chi connectivity index (χ1n) is 9.12. The summed E-state index contributed by atoms with van der Waals surface area (Å²) in [4.78, 5) is 15.6. The number of hydrogen-bond donors (Lipinski definition) is 3. The van der Waals surface area contributed by atoms with Crippen molar-refractivity contribution in [2.24, 2.45) is 0 Å². The van der Waals surface area contributed by atoms with Crippen molar-refractivity contribution in [3.05, 3.63) is 72.6 Å². The van der Waals surface area contributed by atoms with E-state index < -0.39 is 6.36 Å². The fraction of sp³-hybridized carbons (Fsp3) is 0.0952. The summed E-state index contributed by atoms with van der Waals surface area (Å²) < 4.78 is 46.2. The number of thiocarbonyl (C=S) groups is 1. The van der Waals surface area contributed by atoms with Gasteiger partial charge in [-0.05, 0) is 66.8 Å². The summed E-state index contributed by atoms with van der Waals surface area (Å²) in [5.41, 5.74) is 1.38. The Labute approximate surface area is 186 Å². The third-order valence-corrected chi connectivity index (χ3v) is 4.09. The molecule has 166 valence electrons. The van der Waals surface area contributed by atoms with Crippen LogP contribution in [0.1, 0.15) is 10.5 Å². The van der Waals surface area contributed by atoms with Crippen molar-refractivity contribution >= 4 is 34.6 Å². The molecule has 0 aliphatic rings. The standard InChI is InChI=1S/C21H17F3N4O3S/c1-25-19(29)18-12-17(10-11-26-18)30-15-6-2-13(3-7-15)27-20(32)28-14-4-8-16(9-5-14)31-21(22,23)24/h2-12H,1H3,(H,25,29)(H2,27,28,32). The second-order valence-corrected chi connectivity index (χ2v) is 6.64. The van der Waals surface area contributed by atoms with Crippen LogP contribution in [0.5, 0.6) is 17.2 Å². The molecule has 1 amide bonds. The maximum atomic E-state index is 12.2. The number of aromatic nitrogens is 1. The number of rotatable bonds is 6. The number of benzene rings is 2. The van der Waals surface area contributed by atoms with Gasteiger partial charge in [-0.3, -0.25) is 9.78 Å². The van der Waals surface area contributed by atoms with Gasteiger partial charge in [0.05, 0.1) is 0 Å². The van der Waals surface area contributed by atoms with Crippen molar-refractivity contribution in [2.45, 2.75) is 6.36 Å². The number of pyridine rings is 1. The summed E-state index contributed by atoms with van der Waals surface area (Å²) in [5, 5.41) is 8.56. The summed E-state index contributed by atoms with van der Waals surface area (Å²) in [7, 11) is 1.51. The Kier molecular flexibility index (Phi) is 7.11. The van der Waals surface area contributed by atoms with Crippen molar-refractivity contribution in [3.63, 3.8) is 0 Å². The summed E-state index contributed by atoms with van der Waals surface area (Å²) in [6, 6.07) is 15.2. The van der Waals surface area contributed by atoms with Gasteiger partial charge in [0.25, 0.3) is 5.91 Å². The van der Waals surface area contributed by atoms with Crippen molar-refractivity contribution in [1.82, 2.24) is 10.3 Å². The highest BCUT2D eigenvalue weighted by molar-refractivity contribution is 7.80. The molecule has 7 nitrogen and oxygen atoms in total. The van der Waals surface area contributed by atoms with Crippen LogP contribution in [0.2, 0.25) is 0 Å². The second-order valence-electron chi connectivity index (χ2n) is 6.23. The number of alkyl halides is 3. The molecule has 32 heavy (non-hydrogen) atoms. The highest BCUT2D eigenvalue weighted by atomic mass is 32.1. The van der Waals surface area contributed by atoms with Crippen LogP contribution < -0.4 is 25.4 Å². The highest BCUT2D eigenvalue weighted by Crippen LogP contribution is 2.25. The van der Waals surface area contributed by atoms with Gasteiger partial charge in [-0.2, -0.15) is 0 Å². The van der Waals surface area contributed by atoms with Gasteiger partial charge in [-0.1, -0.05) is 0 Å². The first kappa shape index (κ1) is 22.8. The first-order valence-corrected chi connectivity index (χ1v) is 9.52. The minimum atomic E-state index is -4.74. The van der Waals surface area contributed by atoms with E-state index in [4.69, 9.17) is 17.0 Å². The molecule has 3 aromatic rings. The van der Waals surface area contributed by atoms with E-state index in [-0.39, 0.29) is 22.5 Å². The molecule has 1 heterocycles. The van der Waals surface area contributed by atoms with E-state index in [0.717, 1.165) is 0 Å². The SMILES string of the molecule is CNC(=O)c1cc(Oc2ccc(NC(=S)Nc3ccc(OC(F)(F)F)cc3)cc2)ccn1. The van der Waals surface area contributed by atoms with E-state index in [1.165, 1.54) is 43.6 Å². The lowest BCUT2D eigenvalue weighted by atomic mass is 10.3. The zero-order valence-corrected chi connectivity index (χ0v) is 17.4. The first-order chi connectivity index (χ1) is 15.2. The molecule has 1 aromatic heterocycles. The van der Waals surface area contributed by atoms with Crippen LogP contribution in [-0.4, -0.2) is 29.4 Å². The van der Waals surface area contributed by atoms with Crippen LogP contribution in [0.25, 0.3) is 0 Å². The third-order valence-electron chi connectivity index (χ3n) is 3.88. The lowest BCUT2D eigenvalue weighted by molar-refractivity contribution is -0.274. The summed E-state index contributed by atoms with van der Waals surface area (Å²) in [6.45, 7) is 0. The summed E-state index contributed by atoms with van der Waals surface area (Å²) in [5.74, 6) is 0.339. The fourth-order valence-electron chi connectivity index (χ4n) is 2.50. The smallest absolute Gasteiger partial charge is 0.457 e. The normalized spacial score (nSPS) is 10.8. The molecule has 0 bridgehead atoms. The Morgan fingerprint density at radius 3 is 2.00 bits per heavy atom. The zero-order chi connectivity index (χ0) is 23.1. The van der Waals surface area contributed by atoms with Crippen molar-refractivity contribution in [1.29, 1.82) is 0 Å². The van der Waals surface area contributed by atoms with E-state index in [0.29, 0.717) is 22.9 Å². The van der Waals surface area contributed by atoms with E-state index >= 15 is 0 Å². The molecule has 0 saturated heterocycles. The monoisotopic (exact) mass is 462 g/mol. The zero-order valence-electron chi connectivity index (χ0n) is 16.6. The Balaban J connectivity index is 1.55. The van der Waals surface area contributed by atoms with Gasteiger partial charge in [0.15, 0.2) is 5.11 Å². The number of nitrogens with zero attached hydrogens (tertiary/aromatic N) is 1. The molecule has 3 N–H and O–H groups in total. The molecule has 0 aliphatic carbocycles. The van der Waals surface area contributed by atoms with Crippen LogP contribution in [0.15, 0.2) is 66.9 Å². The predicted octanol–water partition coefficient (Wildman–Crippen LogP) is 4.94. The van der Waals surface area contributed by atoms with Crippen LogP contribution in [0.3, 0.4) is 0 Å². The van der Waals surface area contributed by atoms with Crippen LogP contribution in [-0.2, 0) is 0 Å². The maximum Gasteiger partial charge on any atom is 0.573 e. The molecule has 0 spiro atoms. The summed E-state index contributed by atoms with van der Waals surface area (Å²) >= 11 is 5.22. The van der Waals surface area contributed by atoms with Gasteiger partial charge < -0.3 is 25.4 Å². The van der Waals surface area contributed by atoms with Gasteiger partial charge in [0.1, 0.15) is 22.9 Å². The van der Waals surface area contributed by atoms with Gasteiger partial charge in [-0.15, -0.1) is 13.2 Å². The molecular weight excluding hydrogens is 445 g/mol. The quantitative estimate of drug-likeness (QED) is 0.448. The Hall–Kier alpha value is -3.86. The number of anilines is 2. The van der Waals surface area contributed by atoms with Crippen LogP contribution >= 0.6 is 12.2 Å². The average molecular weight is 462 g/mol. The van der Waals surface area contributed by atoms with Gasteiger partial charge in [0.2, 0.25) is 0 Å². The summed E-state index contributed by atoms with van der Waals surface area (Å²) in [6.07, 6.45) is -3.27. The largest absolute Gasteiger partial charge is 0.573 e. The van der Waals surface area contributed by atoms with Gasteiger partial charge >= 0.3 is 6.36 Å². The van der Waals surface area contributed by atoms with E-state index in [9.17, 15) is 18.0 Å². The second kappa shape index (κ2) is 9.96. The Bertz CT molecular complexity index is 1090. The Morgan fingerprint density at radius 1 is 0.906 bits per heavy atom. The van der Waals surface area contributed by atoms with E-state index in [1.54, 1.807) is 30.3 Å². The predicted molar refractivity (Wildman–Crippen MR) is 117 cm³/mol. The van der Waals surface area contributed by atoms with Crippen molar-refractivity contribution in [3.8, 4) is 17.2 Å². The topological polar surface area (TPSA) is 84.5 Å². The number of ether oxygens (including phenoxy) is 2. The van der Waals surface area contributed by atoms with Crippen molar-refractivity contribution < 1.29 is 27.4 Å². The number of halogens is 3. The molecule has 0 atom stereocenters. The van der Waals surface area contributed by atoms with Crippen molar-refractivity contribution in [2.75, 3.05) is 17.7 Å². The maximum absolute atomic E-state index is 12.2. The van der Waals surface area contributed by atoms with E-state index in [2.05, 4.69) is 25.7 Å². The van der Waals surface area contributed by atoms with Crippen LogP contribution in [0.4, 0.5) is 24.5 Å². The minimum absolute atomic E-state index is 0.234. The molecule has 0 aliphatic heterocycles. The molecule has 0 unspecified atom stereocenters. The third kappa shape index (κ3) is 6.84.